The minimum Gasteiger partial charge on any atom is -0.406 e. The zero-order chi connectivity index (χ0) is 13.9. The lowest BCUT2D eigenvalue weighted by Crippen LogP contribution is -2.17. The molecule has 1 atom stereocenters. The summed E-state index contributed by atoms with van der Waals surface area (Å²) in [6.07, 6.45) is -3.09. The van der Waals surface area contributed by atoms with Crippen LogP contribution >= 0.6 is 11.6 Å². The van der Waals surface area contributed by atoms with Crippen LogP contribution in [0.15, 0.2) is 48.7 Å². The van der Waals surface area contributed by atoms with Gasteiger partial charge in [-0.05, 0) is 29.8 Å². The first kappa shape index (κ1) is 13.7. The van der Waals surface area contributed by atoms with Crippen molar-refractivity contribution in [3.05, 3.63) is 59.9 Å². The molecule has 1 heterocycles. The highest BCUT2D eigenvalue weighted by molar-refractivity contribution is 6.22. The standard InChI is InChI=1S/C13H9ClF3NO/c14-12(11-3-1-2-8-18-11)9-4-6-10(7-5-9)19-13(15,16)17/h1-8,12H. The summed E-state index contributed by atoms with van der Waals surface area (Å²) < 4.78 is 39.8. The third-order valence-electron chi connectivity index (χ3n) is 2.35. The van der Waals surface area contributed by atoms with Crippen molar-refractivity contribution in [2.75, 3.05) is 0 Å². The van der Waals surface area contributed by atoms with Crippen LogP contribution in [-0.2, 0) is 0 Å². The van der Waals surface area contributed by atoms with E-state index in [9.17, 15) is 13.2 Å². The molecule has 0 saturated carbocycles. The quantitative estimate of drug-likeness (QED) is 0.785. The van der Waals surface area contributed by atoms with Gasteiger partial charge in [-0.15, -0.1) is 24.8 Å². The summed E-state index contributed by atoms with van der Waals surface area (Å²) >= 11 is 6.19. The van der Waals surface area contributed by atoms with Crippen molar-refractivity contribution in [3.63, 3.8) is 0 Å². The minimum atomic E-state index is -4.69. The summed E-state index contributed by atoms with van der Waals surface area (Å²) in [5, 5.41) is -0.513. The summed E-state index contributed by atoms with van der Waals surface area (Å²) in [5.74, 6) is -0.277. The lowest BCUT2D eigenvalue weighted by atomic mass is 10.1. The molecule has 0 N–H and O–H groups in total. The van der Waals surface area contributed by atoms with E-state index in [1.54, 1.807) is 24.4 Å². The molecule has 1 aromatic heterocycles. The number of nitrogens with zero attached hydrogens (tertiary/aromatic N) is 1. The molecular formula is C13H9ClF3NO. The molecule has 0 spiro atoms. The minimum absolute atomic E-state index is 0.277. The Bertz CT molecular complexity index is 528. The fraction of sp³-hybridized carbons (Fsp3) is 0.154. The van der Waals surface area contributed by atoms with Gasteiger partial charge >= 0.3 is 6.36 Å². The molecule has 0 fully saturated rings. The van der Waals surface area contributed by atoms with Crippen LogP contribution in [0.4, 0.5) is 13.2 Å². The van der Waals surface area contributed by atoms with E-state index in [4.69, 9.17) is 11.6 Å². The number of pyridine rings is 1. The zero-order valence-electron chi connectivity index (χ0n) is 9.56. The molecule has 1 unspecified atom stereocenters. The molecule has 2 aromatic rings. The lowest BCUT2D eigenvalue weighted by Gasteiger charge is -2.11. The molecule has 0 aliphatic carbocycles. The molecule has 6 heteroatoms. The summed E-state index contributed by atoms with van der Waals surface area (Å²) in [4.78, 5) is 4.09. The highest BCUT2D eigenvalue weighted by Crippen LogP contribution is 2.29. The normalized spacial score (nSPS) is 13.1. The Hall–Kier alpha value is -1.75. The maximum atomic E-state index is 12.0. The SMILES string of the molecule is FC(F)(F)Oc1ccc(C(Cl)c2ccccn2)cc1. The van der Waals surface area contributed by atoms with Crippen LogP contribution in [-0.4, -0.2) is 11.3 Å². The number of aromatic nitrogens is 1. The Balaban J connectivity index is 2.15. The number of benzene rings is 1. The Morgan fingerprint density at radius 1 is 1.05 bits per heavy atom. The van der Waals surface area contributed by atoms with E-state index in [1.165, 1.54) is 24.3 Å². The van der Waals surface area contributed by atoms with Crippen LogP contribution < -0.4 is 4.74 Å². The van der Waals surface area contributed by atoms with Crippen molar-refractivity contribution in [1.82, 2.24) is 4.98 Å². The fourth-order valence-corrected chi connectivity index (χ4v) is 1.81. The molecule has 100 valence electrons. The second-order valence-electron chi connectivity index (χ2n) is 3.73. The number of hydrogen-bond acceptors (Lipinski definition) is 2. The van der Waals surface area contributed by atoms with E-state index >= 15 is 0 Å². The summed E-state index contributed by atoms with van der Waals surface area (Å²) in [6.45, 7) is 0. The van der Waals surface area contributed by atoms with E-state index < -0.39 is 11.7 Å². The van der Waals surface area contributed by atoms with Crippen molar-refractivity contribution in [3.8, 4) is 5.75 Å². The number of ether oxygens (including phenoxy) is 1. The Morgan fingerprint density at radius 3 is 2.26 bits per heavy atom. The topological polar surface area (TPSA) is 22.1 Å². The fourth-order valence-electron chi connectivity index (χ4n) is 1.54. The number of alkyl halides is 4. The number of halogens is 4. The van der Waals surface area contributed by atoms with Gasteiger partial charge in [-0.25, -0.2) is 0 Å². The van der Waals surface area contributed by atoms with Crippen LogP contribution in [0.2, 0.25) is 0 Å². The maximum absolute atomic E-state index is 12.0. The van der Waals surface area contributed by atoms with Crippen LogP contribution in [0.25, 0.3) is 0 Å². The molecule has 2 rings (SSSR count). The predicted octanol–water partition coefficient (Wildman–Crippen LogP) is 4.31. The second kappa shape index (κ2) is 5.48. The van der Waals surface area contributed by atoms with Gasteiger partial charge in [-0.2, -0.15) is 0 Å². The second-order valence-corrected chi connectivity index (χ2v) is 4.17. The van der Waals surface area contributed by atoms with Gasteiger partial charge in [0, 0.05) is 6.20 Å². The lowest BCUT2D eigenvalue weighted by molar-refractivity contribution is -0.274. The number of hydrogen-bond donors (Lipinski definition) is 0. The van der Waals surface area contributed by atoms with Gasteiger partial charge in [0.2, 0.25) is 0 Å². The predicted molar refractivity (Wildman–Crippen MR) is 65.1 cm³/mol. The molecule has 0 aliphatic rings. The molecule has 0 aliphatic heterocycles. The van der Waals surface area contributed by atoms with E-state index in [0.717, 1.165) is 0 Å². The van der Waals surface area contributed by atoms with E-state index in [-0.39, 0.29) is 5.75 Å². The molecular weight excluding hydrogens is 279 g/mol. The van der Waals surface area contributed by atoms with Gasteiger partial charge in [0.15, 0.2) is 0 Å². The van der Waals surface area contributed by atoms with Crippen molar-refractivity contribution in [2.24, 2.45) is 0 Å². The van der Waals surface area contributed by atoms with Crippen molar-refractivity contribution < 1.29 is 17.9 Å². The molecule has 0 bridgehead atoms. The summed E-state index contributed by atoms with van der Waals surface area (Å²) in [5.41, 5.74) is 1.28. The third-order valence-corrected chi connectivity index (χ3v) is 2.83. The van der Waals surface area contributed by atoms with E-state index in [0.29, 0.717) is 11.3 Å². The third kappa shape index (κ3) is 3.86. The molecule has 0 amide bonds. The van der Waals surface area contributed by atoms with Gasteiger partial charge in [0.05, 0.1) is 5.69 Å². The molecule has 1 aromatic carbocycles. The Kier molecular flexibility index (Phi) is 3.95. The van der Waals surface area contributed by atoms with E-state index in [2.05, 4.69) is 9.72 Å². The highest BCUT2D eigenvalue weighted by Gasteiger charge is 2.31. The summed E-state index contributed by atoms with van der Waals surface area (Å²) in [6, 6.07) is 10.7. The highest BCUT2D eigenvalue weighted by atomic mass is 35.5. The molecule has 2 nitrogen and oxygen atoms in total. The van der Waals surface area contributed by atoms with Gasteiger partial charge in [0.25, 0.3) is 0 Å². The molecule has 0 radical (unpaired) electrons. The Labute approximate surface area is 112 Å². The molecule has 0 saturated heterocycles. The van der Waals surface area contributed by atoms with E-state index in [1.807, 2.05) is 0 Å². The van der Waals surface area contributed by atoms with Gasteiger partial charge in [0.1, 0.15) is 11.1 Å². The average Bonchev–Trinajstić information content (AvgIpc) is 2.38. The monoisotopic (exact) mass is 287 g/mol. The number of rotatable bonds is 3. The summed E-state index contributed by atoms with van der Waals surface area (Å²) in [7, 11) is 0. The van der Waals surface area contributed by atoms with Gasteiger partial charge in [-0.1, -0.05) is 18.2 Å². The van der Waals surface area contributed by atoms with Crippen LogP contribution in [0.1, 0.15) is 16.6 Å². The largest absolute Gasteiger partial charge is 0.573 e. The first-order valence-corrected chi connectivity index (χ1v) is 5.80. The Morgan fingerprint density at radius 2 is 1.74 bits per heavy atom. The zero-order valence-corrected chi connectivity index (χ0v) is 10.3. The van der Waals surface area contributed by atoms with Crippen LogP contribution in [0, 0.1) is 0 Å². The maximum Gasteiger partial charge on any atom is 0.573 e. The smallest absolute Gasteiger partial charge is 0.406 e. The first-order valence-electron chi connectivity index (χ1n) is 5.36. The van der Waals surface area contributed by atoms with Crippen LogP contribution in [0.3, 0.4) is 0 Å². The van der Waals surface area contributed by atoms with Gasteiger partial charge < -0.3 is 4.74 Å². The van der Waals surface area contributed by atoms with Crippen molar-refractivity contribution >= 4 is 11.6 Å². The average molecular weight is 288 g/mol. The first-order chi connectivity index (χ1) is 8.96. The van der Waals surface area contributed by atoms with Gasteiger partial charge in [-0.3, -0.25) is 4.98 Å². The van der Waals surface area contributed by atoms with Crippen LogP contribution in [0.5, 0.6) is 5.75 Å². The van der Waals surface area contributed by atoms with Crippen molar-refractivity contribution in [1.29, 1.82) is 0 Å². The van der Waals surface area contributed by atoms with Crippen molar-refractivity contribution in [2.45, 2.75) is 11.7 Å². The molecule has 19 heavy (non-hydrogen) atoms.